The lowest BCUT2D eigenvalue weighted by molar-refractivity contribution is -0.120. The van der Waals surface area contributed by atoms with Crippen LogP contribution < -0.4 is 20.3 Å². The predicted molar refractivity (Wildman–Crippen MR) is 162 cm³/mol. The molecule has 0 bridgehead atoms. The number of methoxy groups -OCH3 is 1. The molecule has 8 nitrogen and oxygen atoms in total. The Morgan fingerprint density at radius 3 is 1.83 bits per heavy atom. The Kier molecular flexibility index (Phi) is 10.2. The fourth-order valence-corrected chi connectivity index (χ4v) is 4.51. The summed E-state index contributed by atoms with van der Waals surface area (Å²) in [5, 5.41) is 5.58. The SMILES string of the molecule is COc1ccc(N(C)C(=O)C(Cc2ccccc2)NC(=O)c2cccc(C(=O)N[C@H](C=O)Cc3ccccc3)c2)cc1. The number of carbonyl (C=O) groups excluding carboxylic acids is 4. The van der Waals surface area contributed by atoms with Gasteiger partial charge in [-0.25, -0.2) is 0 Å². The van der Waals surface area contributed by atoms with Gasteiger partial charge in [-0.3, -0.25) is 14.4 Å². The van der Waals surface area contributed by atoms with Gasteiger partial charge in [-0.2, -0.15) is 0 Å². The average Bonchev–Trinajstić information content (AvgIpc) is 3.04. The van der Waals surface area contributed by atoms with E-state index in [4.69, 9.17) is 4.74 Å². The monoisotopic (exact) mass is 563 g/mol. The zero-order valence-electron chi connectivity index (χ0n) is 23.5. The van der Waals surface area contributed by atoms with Crippen LogP contribution in [0.2, 0.25) is 0 Å². The van der Waals surface area contributed by atoms with Gasteiger partial charge in [0.25, 0.3) is 11.8 Å². The lowest BCUT2D eigenvalue weighted by atomic mass is 10.0. The average molecular weight is 564 g/mol. The van der Waals surface area contributed by atoms with Gasteiger partial charge < -0.3 is 25.1 Å². The van der Waals surface area contributed by atoms with Gasteiger partial charge in [0.15, 0.2) is 0 Å². The van der Waals surface area contributed by atoms with Gasteiger partial charge in [-0.05, 0) is 60.0 Å². The first-order chi connectivity index (χ1) is 20.4. The highest BCUT2D eigenvalue weighted by molar-refractivity contribution is 6.04. The molecule has 1 unspecified atom stereocenters. The van der Waals surface area contributed by atoms with Crippen molar-refractivity contribution in [1.82, 2.24) is 10.6 Å². The number of hydrogen-bond acceptors (Lipinski definition) is 5. The van der Waals surface area contributed by atoms with Crippen molar-refractivity contribution < 1.29 is 23.9 Å². The molecular formula is C34H33N3O5. The van der Waals surface area contributed by atoms with Crippen molar-refractivity contribution >= 4 is 29.7 Å². The Balaban J connectivity index is 1.50. The summed E-state index contributed by atoms with van der Waals surface area (Å²) in [4.78, 5) is 53.1. The number of likely N-dealkylation sites (N-methyl/N-ethyl adjacent to an activating group) is 1. The molecule has 3 amide bonds. The molecule has 0 aliphatic heterocycles. The second kappa shape index (κ2) is 14.4. The van der Waals surface area contributed by atoms with E-state index in [1.807, 2.05) is 60.7 Å². The number of aldehydes is 1. The lowest BCUT2D eigenvalue weighted by Crippen LogP contribution is -2.48. The molecule has 42 heavy (non-hydrogen) atoms. The van der Waals surface area contributed by atoms with E-state index in [0.717, 1.165) is 11.1 Å². The molecule has 0 aromatic heterocycles. The largest absolute Gasteiger partial charge is 0.497 e. The minimum atomic E-state index is -0.880. The molecule has 2 atom stereocenters. The van der Waals surface area contributed by atoms with Crippen LogP contribution in [0.1, 0.15) is 31.8 Å². The summed E-state index contributed by atoms with van der Waals surface area (Å²) < 4.78 is 5.21. The van der Waals surface area contributed by atoms with Crippen LogP contribution in [0.15, 0.2) is 109 Å². The molecule has 0 saturated carbocycles. The second-order valence-electron chi connectivity index (χ2n) is 9.80. The number of amides is 3. The van der Waals surface area contributed by atoms with E-state index < -0.39 is 23.9 Å². The highest BCUT2D eigenvalue weighted by atomic mass is 16.5. The predicted octanol–water partition coefficient (Wildman–Crippen LogP) is 4.24. The maximum absolute atomic E-state index is 13.6. The number of carbonyl (C=O) groups is 4. The van der Waals surface area contributed by atoms with E-state index in [9.17, 15) is 19.2 Å². The van der Waals surface area contributed by atoms with Crippen LogP contribution in [-0.2, 0) is 22.4 Å². The third-order valence-corrected chi connectivity index (χ3v) is 6.84. The van der Waals surface area contributed by atoms with E-state index >= 15 is 0 Å². The standard InChI is InChI=1S/C34H33N3O5/c1-37(29-16-18-30(42-2)19-17-29)34(41)31(21-25-12-7-4-8-13-25)36-33(40)27-15-9-14-26(22-27)32(39)35-28(23-38)20-24-10-5-3-6-11-24/h3-19,22-23,28,31H,20-21H2,1-2H3,(H,35,39)(H,36,40)/t28-,31?/m0/s1. The Morgan fingerprint density at radius 2 is 1.29 bits per heavy atom. The summed E-state index contributed by atoms with van der Waals surface area (Å²) in [6, 6.07) is 30.4. The van der Waals surface area contributed by atoms with Crippen molar-refractivity contribution in [3.63, 3.8) is 0 Å². The molecule has 0 spiro atoms. The lowest BCUT2D eigenvalue weighted by Gasteiger charge is -2.25. The number of ether oxygens (including phenoxy) is 1. The molecule has 4 aromatic rings. The number of nitrogens with zero attached hydrogens (tertiary/aromatic N) is 1. The molecule has 0 aliphatic rings. The third-order valence-electron chi connectivity index (χ3n) is 6.84. The molecule has 0 aliphatic carbocycles. The van der Waals surface area contributed by atoms with Gasteiger partial charge in [0.05, 0.1) is 13.2 Å². The topological polar surface area (TPSA) is 105 Å². The van der Waals surface area contributed by atoms with Crippen LogP contribution in [0, 0.1) is 0 Å². The second-order valence-corrected chi connectivity index (χ2v) is 9.80. The maximum atomic E-state index is 13.6. The van der Waals surface area contributed by atoms with Gasteiger partial charge in [0, 0.05) is 30.3 Å². The molecule has 8 heteroatoms. The molecule has 214 valence electrons. The fraction of sp³-hybridized carbons (Fsp3) is 0.176. The van der Waals surface area contributed by atoms with Crippen molar-refractivity contribution in [3.8, 4) is 5.75 Å². The molecule has 2 N–H and O–H groups in total. The van der Waals surface area contributed by atoms with Crippen LogP contribution in [0.3, 0.4) is 0 Å². The van der Waals surface area contributed by atoms with Crippen molar-refractivity contribution in [1.29, 1.82) is 0 Å². The first-order valence-electron chi connectivity index (χ1n) is 13.5. The van der Waals surface area contributed by atoms with E-state index in [0.29, 0.717) is 24.1 Å². The van der Waals surface area contributed by atoms with Gasteiger partial charge in [-0.15, -0.1) is 0 Å². The Morgan fingerprint density at radius 1 is 0.738 bits per heavy atom. The first kappa shape index (κ1) is 29.7. The molecule has 0 fully saturated rings. The molecule has 4 rings (SSSR count). The van der Waals surface area contributed by atoms with Crippen LogP contribution in [0.5, 0.6) is 5.75 Å². The summed E-state index contributed by atoms with van der Waals surface area (Å²) in [6.07, 6.45) is 1.31. The van der Waals surface area contributed by atoms with Crippen molar-refractivity contribution in [2.75, 3.05) is 19.1 Å². The Labute approximate surface area is 245 Å². The zero-order valence-corrected chi connectivity index (χ0v) is 23.5. The van der Waals surface area contributed by atoms with Crippen molar-refractivity contribution in [3.05, 3.63) is 131 Å². The van der Waals surface area contributed by atoms with E-state index in [1.54, 1.807) is 56.6 Å². The summed E-state index contributed by atoms with van der Waals surface area (Å²) >= 11 is 0. The van der Waals surface area contributed by atoms with Crippen molar-refractivity contribution in [2.24, 2.45) is 0 Å². The Hall–Kier alpha value is -5.24. The molecular weight excluding hydrogens is 530 g/mol. The van der Waals surface area contributed by atoms with Crippen LogP contribution in [0.4, 0.5) is 5.69 Å². The summed E-state index contributed by atoms with van der Waals surface area (Å²) in [6.45, 7) is 0. The van der Waals surface area contributed by atoms with E-state index in [-0.39, 0.29) is 23.5 Å². The molecule has 4 aromatic carbocycles. The molecule has 0 heterocycles. The van der Waals surface area contributed by atoms with E-state index in [2.05, 4.69) is 10.6 Å². The number of anilines is 1. The maximum Gasteiger partial charge on any atom is 0.251 e. The van der Waals surface area contributed by atoms with Crippen LogP contribution in [-0.4, -0.2) is 50.2 Å². The minimum Gasteiger partial charge on any atom is -0.497 e. The summed E-state index contributed by atoms with van der Waals surface area (Å²) in [5.41, 5.74) is 2.88. The summed E-state index contributed by atoms with van der Waals surface area (Å²) in [5.74, 6) is -0.620. The van der Waals surface area contributed by atoms with Gasteiger partial charge in [0.2, 0.25) is 5.91 Å². The van der Waals surface area contributed by atoms with Crippen LogP contribution >= 0.6 is 0 Å². The van der Waals surface area contributed by atoms with Gasteiger partial charge in [0.1, 0.15) is 18.1 Å². The quantitative estimate of drug-likeness (QED) is 0.251. The minimum absolute atomic E-state index is 0.214. The first-order valence-corrected chi connectivity index (χ1v) is 13.5. The zero-order chi connectivity index (χ0) is 29.9. The summed E-state index contributed by atoms with van der Waals surface area (Å²) in [7, 11) is 3.22. The van der Waals surface area contributed by atoms with E-state index in [1.165, 1.54) is 11.0 Å². The number of nitrogens with one attached hydrogen (secondary N) is 2. The fourth-order valence-electron chi connectivity index (χ4n) is 4.51. The van der Waals surface area contributed by atoms with Gasteiger partial charge >= 0.3 is 0 Å². The van der Waals surface area contributed by atoms with Crippen molar-refractivity contribution in [2.45, 2.75) is 24.9 Å². The highest BCUT2D eigenvalue weighted by Crippen LogP contribution is 2.20. The molecule has 0 saturated heterocycles. The number of benzene rings is 4. The number of rotatable bonds is 12. The number of hydrogen-bond donors (Lipinski definition) is 2. The highest BCUT2D eigenvalue weighted by Gasteiger charge is 2.26. The molecule has 0 radical (unpaired) electrons. The van der Waals surface area contributed by atoms with Crippen LogP contribution in [0.25, 0.3) is 0 Å². The smallest absolute Gasteiger partial charge is 0.251 e. The normalized spacial score (nSPS) is 12.0. The Bertz CT molecular complexity index is 1510. The van der Waals surface area contributed by atoms with Gasteiger partial charge in [-0.1, -0.05) is 66.7 Å². The third kappa shape index (κ3) is 7.91.